The van der Waals surface area contributed by atoms with Crippen molar-refractivity contribution in [2.75, 3.05) is 40.3 Å². The van der Waals surface area contributed by atoms with Gasteiger partial charge in [0.2, 0.25) is 10.0 Å². The molecule has 0 radical (unpaired) electrons. The number of thiocarbonyl (C=S) groups is 1. The van der Waals surface area contributed by atoms with Crippen molar-refractivity contribution in [1.29, 1.82) is 0 Å². The number of carbonyl (C=O) groups excluding carboxylic acids is 1. The molecule has 1 saturated heterocycles. The van der Waals surface area contributed by atoms with Gasteiger partial charge in [-0.3, -0.25) is 0 Å². The molecule has 1 aromatic rings. The lowest BCUT2D eigenvalue weighted by atomic mass is 10.2. The molecule has 0 saturated carbocycles. The maximum Gasteiger partial charge on any atom is 0.342 e. The van der Waals surface area contributed by atoms with Crippen LogP contribution in [0.5, 0.6) is 0 Å². The van der Waals surface area contributed by atoms with Gasteiger partial charge in [0.05, 0.1) is 7.11 Å². The fraction of sp³-hybridized carbons (Fsp3) is 0.571. The van der Waals surface area contributed by atoms with Crippen LogP contribution in [0.2, 0.25) is 0 Å². The van der Waals surface area contributed by atoms with Crippen LogP contribution in [0.4, 0.5) is 0 Å². The number of hydrogen-bond acceptors (Lipinski definition) is 6. The van der Waals surface area contributed by atoms with Crippen LogP contribution in [-0.2, 0) is 14.8 Å². The van der Waals surface area contributed by atoms with Gasteiger partial charge in [-0.15, -0.1) is 0 Å². The second-order valence-corrected chi connectivity index (χ2v) is 7.62. The van der Waals surface area contributed by atoms with Crippen LogP contribution in [0.25, 0.3) is 0 Å². The summed E-state index contributed by atoms with van der Waals surface area (Å²) < 4.78 is 37.4. The van der Waals surface area contributed by atoms with E-state index in [4.69, 9.17) is 21.4 Å². The Morgan fingerprint density at radius 2 is 1.79 bits per heavy atom. The van der Waals surface area contributed by atoms with Gasteiger partial charge in [-0.1, -0.05) is 0 Å². The van der Waals surface area contributed by atoms with Gasteiger partial charge < -0.3 is 19.4 Å². The number of aryl methyl sites for hydroxylation is 2. The number of nitrogens with one attached hydrogen (secondary N) is 1. The van der Waals surface area contributed by atoms with E-state index in [2.05, 4.69) is 5.32 Å². The highest BCUT2D eigenvalue weighted by atomic mass is 32.2. The highest BCUT2D eigenvalue weighted by molar-refractivity contribution is 7.89. The average molecular weight is 375 g/mol. The van der Waals surface area contributed by atoms with Crippen LogP contribution in [0, 0.1) is 13.8 Å². The molecular formula is C14H21N3O5S2. The topological polar surface area (TPSA) is 92.1 Å². The second-order valence-electron chi connectivity index (χ2n) is 5.36. The Balaban J connectivity index is 2.33. The second kappa shape index (κ2) is 7.08. The summed E-state index contributed by atoms with van der Waals surface area (Å²) in [7, 11) is -0.931. The van der Waals surface area contributed by atoms with E-state index in [9.17, 15) is 13.2 Å². The Labute approximate surface area is 146 Å². The molecule has 0 aromatic carbocycles. The lowest BCUT2D eigenvalue weighted by Gasteiger charge is -2.35. The maximum atomic E-state index is 13.0. The summed E-state index contributed by atoms with van der Waals surface area (Å²) in [5, 5.41) is 3.46. The summed E-state index contributed by atoms with van der Waals surface area (Å²) in [4.78, 5) is 13.8. The van der Waals surface area contributed by atoms with Crippen molar-refractivity contribution in [1.82, 2.24) is 14.5 Å². The molecule has 0 aliphatic carbocycles. The van der Waals surface area contributed by atoms with Crippen LogP contribution < -0.4 is 5.32 Å². The number of nitrogens with zero attached hydrogens (tertiary/aromatic N) is 2. The molecule has 1 aromatic heterocycles. The number of esters is 1. The molecule has 0 bridgehead atoms. The van der Waals surface area contributed by atoms with Crippen LogP contribution >= 0.6 is 12.2 Å². The lowest BCUT2D eigenvalue weighted by molar-refractivity contribution is 0.0594. The Morgan fingerprint density at radius 3 is 2.29 bits per heavy atom. The highest BCUT2D eigenvalue weighted by Gasteiger charge is 2.37. The Bertz CT molecular complexity index is 749. The minimum absolute atomic E-state index is 0.0387. The summed E-state index contributed by atoms with van der Waals surface area (Å²) >= 11 is 5.17. The molecule has 0 amide bonds. The zero-order chi connectivity index (χ0) is 18.1. The van der Waals surface area contributed by atoms with Gasteiger partial charge in [-0.25, -0.2) is 13.2 Å². The maximum absolute atomic E-state index is 13.0. The molecule has 2 rings (SSSR count). The molecule has 24 heavy (non-hydrogen) atoms. The van der Waals surface area contributed by atoms with Gasteiger partial charge >= 0.3 is 5.97 Å². The quantitative estimate of drug-likeness (QED) is 0.603. The first-order chi connectivity index (χ1) is 11.2. The van der Waals surface area contributed by atoms with Gasteiger partial charge in [0.1, 0.15) is 22.0 Å². The number of ether oxygens (including phenoxy) is 1. The minimum Gasteiger partial charge on any atom is -0.465 e. The fourth-order valence-corrected chi connectivity index (χ4v) is 4.71. The van der Waals surface area contributed by atoms with Crippen molar-refractivity contribution in [3.05, 3.63) is 17.1 Å². The monoisotopic (exact) mass is 375 g/mol. The van der Waals surface area contributed by atoms with E-state index in [1.54, 1.807) is 14.0 Å². The predicted octanol–water partition coefficient (Wildman–Crippen LogP) is 0.494. The number of hydrogen-bond donors (Lipinski definition) is 1. The van der Waals surface area contributed by atoms with E-state index in [0.717, 1.165) is 0 Å². The van der Waals surface area contributed by atoms with E-state index < -0.39 is 16.0 Å². The Hall–Kier alpha value is -1.65. The lowest BCUT2D eigenvalue weighted by Crippen LogP contribution is -2.52. The molecule has 1 N–H and O–H groups in total. The molecule has 1 fully saturated rings. The number of sulfonamides is 1. The molecule has 0 unspecified atom stereocenters. The van der Waals surface area contributed by atoms with Gasteiger partial charge in [-0.05, 0) is 26.1 Å². The SMILES string of the molecule is CNC(=S)N1CCN(S(=O)(=O)c2c(C)oc(C)c2C(=O)OC)CC1. The van der Waals surface area contributed by atoms with Crippen molar-refractivity contribution < 1.29 is 22.4 Å². The predicted molar refractivity (Wildman–Crippen MR) is 91.5 cm³/mol. The molecule has 0 atom stereocenters. The first-order valence-electron chi connectivity index (χ1n) is 7.39. The fourth-order valence-electron chi connectivity index (χ4n) is 2.73. The van der Waals surface area contributed by atoms with Crippen molar-refractivity contribution >= 4 is 33.3 Å². The zero-order valence-corrected chi connectivity index (χ0v) is 15.7. The largest absolute Gasteiger partial charge is 0.465 e. The summed E-state index contributed by atoms with van der Waals surface area (Å²) in [5.74, 6) is -0.313. The number of methoxy groups -OCH3 is 1. The van der Waals surface area contributed by atoms with Gasteiger partial charge in [0.15, 0.2) is 5.11 Å². The Morgan fingerprint density at radius 1 is 1.21 bits per heavy atom. The van der Waals surface area contributed by atoms with Crippen molar-refractivity contribution in [2.24, 2.45) is 0 Å². The summed E-state index contributed by atoms with van der Waals surface area (Å²) in [6, 6.07) is 0. The Kier molecular flexibility index (Phi) is 5.51. The van der Waals surface area contributed by atoms with E-state index in [0.29, 0.717) is 18.2 Å². The number of rotatable bonds is 3. The summed E-state index contributed by atoms with van der Waals surface area (Å²) in [5.41, 5.74) is -0.0387. The van der Waals surface area contributed by atoms with E-state index in [1.165, 1.54) is 18.3 Å². The van der Waals surface area contributed by atoms with E-state index >= 15 is 0 Å². The number of furan rings is 1. The molecular weight excluding hydrogens is 354 g/mol. The van der Waals surface area contributed by atoms with Gasteiger partial charge in [0, 0.05) is 33.2 Å². The average Bonchev–Trinajstić information content (AvgIpc) is 2.88. The molecule has 8 nitrogen and oxygen atoms in total. The normalized spacial score (nSPS) is 16.1. The summed E-state index contributed by atoms with van der Waals surface area (Å²) in [6.07, 6.45) is 0. The minimum atomic E-state index is -3.87. The molecule has 2 heterocycles. The van der Waals surface area contributed by atoms with Crippen molar-refractivity contribution in [3.8, 4) is 0 Å². The van der Waals surface area contributed by atoms with Crippen molar-refractivity contribution in [2.45, 2.75) is 18.7 Å². The molecule has 1 aliphatic rings. The van der Waals surface area contributed by atoms with Crippen LogP contribution in [0.1, 0.15) is 21.9 Å². The third kappa shape index (κ3) is 3.26. The van der Waals surface area contributed by atoms with Gasteiger partial charge in [-0.2, -0.15) is 4.31 Å². The molecule has 0 spiro atoms. The number of piperazine rings is 1. The molecule has 10 heteroatoms. The number of carbonyl (C=O) groups is 1. The van der Waals surface area contributed by atoms with Crippen LogP contribution in [-0.4, -0.2) is 69.0 Å². The zero-order valence-electron chi connectivity index (χ0n) is 14.1. The first kappa shape index (κ1) is 18.7. The van der Waals surface area contributed by atoms with Crippen LogP contribution in [0.3, 0.4) is 0 Å². The van der Waals surface area contributed by atoms with Crippen molar-refractivity contribution in [3.63, 3.8) is 0 Å². The van der Waals surface area contributed by atoms with E-state index in [-0.39, 0.29) is 35.1 Å². The first-order valence-corrected chi connectivity index (χ1v) is 9.24. The third-order valence-electron chi connectivity index (χ3n) is 3.93. The smallest absolute Gasteiger partial charge is 0.342 e. The van der Waals surface area contributed by atoms with Crippen LogP contribution in [0.15, 0.2) is 9.31 Å². The standard InChI is InChI=1S/C14H21N3O5S2/c1-9-11(13(18)21-4)12(10(2)22-9)24(19,20)17-7-5-16(6-8-17)14(23)15-3/h5-8H2,1-4H3,(H,15,23). The third-order valence-corrected chi connectivity index (χ3v) is 6.45. The highest BCUT2D eigenvalue weighted by Crippen LogP contribution is 2.30. The molecule has 1 aliphatic heterocycles. The van der Waals surface area contributed by atoms with E-state index in [1.807, 2.05) is 4.90 Å². The summed E-state index contributed by atoms with van der Waals surface area (Å²) in [6.45, 7) is 4.56. The van der Waals surface area contributed by atoms with Gasteiger partial charge in [0.25, 0.3) is 0 Å². The molecule has 134 valence electrons.